The summed E-state index contributed by atoms with van der Waals surface area (Å²) >= 11 is 0. The van der Waals surface area contributed by atoms with Gasteiger partial charge in [0.1, 0.15) is 23.9 Å². The summed E-state index contributed by atoms with van der Waals surface area (Å²) in [4.78, 5) is 21.0. The van der Waals surface area contributed by atoms with Crippen LogP contribution < -0.4 is 5.32 Å². The number of amides is 1. The van der Waals surface area contributed by atoms with Crippen molar-refractivity contribution in [1.29, 1.82) is 5.26 Å². The summed E-state index contributed by atoms with van der Waals surface area (Å²) in [5, 5.41) is 16.0. The molecule has 7 heteroatoms. The van der Waals surface area contributed by atoms with Gasteiger partial charge in [-0.05, 0) is 43.2 Å². The number of nitriles is 1. The normalized spacial score (nSPS) is 11.6. The number of rotatable bonds is 6. The van der Waals surface area contributed by atoms with E-state index in [0.29, 0.717) is 11.3 Å². The highest BCUT2D eigenvalue weighted by Crippen LogP contribution is 2.20. The molecular formula is C20H20N6O. The van der Waals surface area contributed by atoms with E-state index in [0.717, 1.165) is 29.9 Å². The van der Waals surface area contributed by atoms with E-state index in [-0.39, 0.29) is 11.9 Å². The van der Waals surface area contributed by atoms with E-state index in [2.05, 4.69) is 27.3 Å². The van der Waals surface area contributed by atoms with Crippen LogP contribution in [-0.2, 0) is 6.54 Å². The predicted molar refractivity (Wildman–Crippen MR) is 101 cm³/mol. The first-order valence-corrected chi connectivity index (χ1v) is 8.77. The monoisotopic (exact) mass is 360 g/mol. The lowest BCUT2D eigenvalue weighted by molar-refractivity contribution is 0.0937. The van der Waals surface area contributed by atoms with Gasteiger partial charge in [0.25, 0.3) is 5.91 Å². The maximum Gasteiger partial charge on any atom is 0.251 e. The minimum absolute atomic E-state index is 0.183. The number of hydrogen-bond acceptors (Lipinski definition) is 5. The smallest absolute Gasteiger partial charge is 0.251 e. The van der Waals surface area contributed by atoms with Gasteiger partial charge in [-0.15, -0.1) is 0 Å². The molecule has 3 aromatic rings. The highest BCUT2D eigenvalue weighted by Gasteiger charge is 2.16. The molecule has 0 aliphatic carbocycles. The van der Waals surface area contributed by atoms with Crippen molar-refractivity contribution >= 4 is 5.91 Å². The number of carbonyl (C=O) groups excluding carboxylic acids is 1. The average Bonchev–Trinajstić information content (AvgIpc) is 3.17. The molecule has 0 spiro atoms. The van der Waals surface area contributed by atoms with Crippen LogP contribution in [-0.4, -0.2) is 25.7 Å². The number of pyridine rings is 1. The quantitative estimate of drug-likeness (QED) is 0.728. The van der Waals surface area contributed by atoms with Crippen molar-refractivity contribution in [3.63, 3.8) is 0 Å². The molecule has 0 bridgehead atoms. The largest absolute Gasteiger partial charge is 0.342 e. The Labute approximate surface area is 157 Å². The van der Waals surface area contributed by atoms with Gasteiger partial charge in [0.2, 0.25) is 0 Å². The zero-order valence-electron chi connectivity index (χ0n) is 15.3. The Morgan fingerprint density at radius 1 is 1.26 bits per heavy atom. The molecular weight excluding hydrogens is 340 g/mol. The predicted octanol–water partition coefficient (Wildman–Crippen LogP) is 3.11. The first-order valence-electron chi connectivity index (χ1n) is 8.77. The Morgan fingerprint density at radius 2 is 2.11 bits per heavy atom. The maximum absolute atomic E-state index is 12.7. The molecule has 0 unspecified atom stereocenters. The van der Waals surface area contributed by atoms with Crippen LogP contribution in [0.4, 0.5) is 0 Å². The molecule has 0 radical (unpaired) electrons. The van der Waals surface area contributed by atoms with Crippen molar-refractivity contribution in [2.24, 2.45) is 0 Å². The van der Waals surface area contributed by atoms with Crippen LogP contribution in [0.15, 0.2) is 48.9 Å². The molecule has 2 aromatic heterocycles. The summed E-state index contributed by atoms with van der Waals surface area (Å²) < 4.78 is 1.81. The second kappa shape index (κ2) is 8.23. The van der Waals surface area contributed by atoms with E-state index in [1.807, 2.05) is 41.9 Å². The van der Waals surface area contributed by atoms with E-state index in [1.54, 1.807) is 18.3 Å². The van der Waals surface area contributed by atoms with Crippen molar-refractivity contribution in [2.45, 2.75) is 32.9 Å². The standard InChI is InChI=1S/C20H20N6O/c1-3-9-26-19(23-13-24-26)14(2)25-20(27)16-6-4-5-15(10-16)17-7-8-18(11-21)22-12-17/h4-8,10,12-14H,3,9H2,1-2H3,(H,25,27)/t14-/m0/s1. The van der Waals surface area contributed by atoms with Crippen LogP contribution in [0.2, 0.25) is 0 Å². The Kier molecular flexibility index (Phi) is 5.57. The molecule has 27 heavy (non-hydrogen) atoms. The molecule has 1 atom stereocenters. The Morgan fingerprint density at radius 3 is 2.81 bits per heavy atom. The van der Waals surface area contributed by atoms with Crippen molar-refractivity contribution < 1.29 is 4.79 Å². The van der Waals surface area contributed by atoms with Crippen LogP contribution in [0.25, 0.3) is 11.1 Å². The van der Waals surface area contributed by atoms with Crippen LogP contribution in [0.1, 0.15) is 48.2 Å². The topological polar surface area (TPSA) is 96.5 Å². The number of hydrogen-bond donors (Lipinski definition) is 1. The van der Waals surface area contributed by atoms with Gasteiger partial charge in [-0.1, -0.05) is 19.1 Å². The molecule has 0 saturated heterocycles. The Bertz CT molecular complexity index is 971. The molecule has 136 valence electrons. The SMILES string of the molecule is CCCn1ncnc1[C@H](C)NC(=O)c1cccc(-c2ccc(C#N)nc2)c1. The van der Waals surface area contributed by atoms with E-state index >= 15 is 0 Å². The molecule has 3 rings (SSSR count). The van der Waals surface area contributed by atoms with Gasteiger partial charge in [-0.3, -0.25) is 4.79 Å². The van der Waals surface area contributed by atoms with Gasteiger partial charge in [0.15, 0.2) is 0 Å². The molecule has 0 saturated carbocycles. The van der Waals surface area contributed by atoms with Gasteiger partial charge in [-0.2, -0.15) is 10.4 Å². The van der Waals surface area contributed by atoms with Gasteiger partial charge < -0.3 is 5.32 Å². The third-order valence-electron chi connectivity index (χ3n) is 4.15. The molecule has 0 aliphatic rings. The van der Waals surface area contributed by atoms with Gasteiger partial charge in [0, 0.05) is 23.9 Å². The fourth-order valence-corrected chi connectivity index (χ4v) is 2.81. The molecule has 0 aliphatic heterocycles. The summed E-state index contributed by atoms with van der Waals surface area (Å²) in [6, 6.07) is 12.5. The van der Waals surface area contributed by atoms with Gasteiger partial charge in [0.05, 0.1) is 6.04 Å². The average molecular weight is 360 g/mol. The summed E-state index contributed by atoms with van der Waals surface area (Å²) in [5.41, 5.74) is 2.61. The lowest BCUT2D eigenvalue weighted by Crippen LogP contribution is -2.29. The summed E-state index contributed by atoms with van der Waals surface area (Å²) in [5.74, 6) is 0.551. The second-order valence-corrected chi connectivity index (χ2v) is 6.16. The molecule has 0 fully saturated rings. The summed E-state index contributed by atoms with van der Waals surface area (Å²) in [6.45, 7) is 4.72. The third kappa shape index (κ3) is 4.18. The third-order valence-corrected chi connectivity index (χ3v) is 4.15. The number of nitrogens with one attached hydrogen (secondary N) is 1. The zero-order valence-corrected chi connectivity index (χ0v) is 15.3. The first-order chi connectivity index (χ1) is 13.1. The number of aryl methyl sites for hydroxylation is 1. The van der Waals surface area contributed by atoms with E-state index in [1.165, 1.54) is 6.33 Å². The fraction of sp³-hybridized carbons (Fsp3) is 0.250. The maximum atomic E-state index is 12.7. The van der Waals surface area contributed by atoms with Crippen molar-refractivity contribution in [2.75, 3.05) is 0 Å². The lowest BCUT2D eigenvalue weighted by atomic mass is 10.0. The molecule has 2 heterocycles. The first kappa shape index (κ1) is 18.3. The van der Waals surface area contributed by atoms with Crippen molar-refractivity contribution in [3.05, 3.63) is 66.0 Å². The van der Waals surface area contributed by atoms with E-state index in [4.69, 9.17) is 5.26 Å². The van der Waals surface area contributed by atoms with E-state index < -0.39 is 0 Å². The number of benzene rings is 1. The minimum atomic E-state index is -0.258. The molecule has 7 nitrogen and oxygen atoms in total. The Balaban J connectivity index is 1.77. The van der Waals surface area contributed by atoms with Crippen molar-refractivity contribution in [1.82, 2.24) is 25.1 Å². The van der Waals surface area contributed by atoms with E-state index in [9.17, 15) is 4.79 Å². The van der Waals surface area contributed by atoms with Gasteiger partial charge in [-0.25, -0.2) is 14.6 Å². The van der Waals surface area contributed by atoms with Crippen LogP contribution in [0.5, 0.6) is 0 Å². The highest BCUT2D eigenvalue weighted by molar-refractivity contribution is 5.95. The number of carbonyl (C=O) groups is 1. The number of nitrogens with zero attached hydrogens (tertiary/aromatic N) is 5. The lowest BCUT2D eigenvalue weighted by Gasteiger charge is -2.15. The number of aromatic nitrogens is 4. The molecule has 1 amide bonds. The molecule has 1 aromatic carbocycles. The minimum Gasteiger partial charge on any atom is -0.342 e. The van der Waals surface area contributed by atoms with Crippen LogP contribution >= 0.6 is 0 Å². The highest BCUT2D eigenvalue weighted by atomic mass is 16.1. The van der Waals surface area contributed by atoms with Crippen LogP contribution in [0.3, 0.4) is 0 Å². The van der Waals surface area contributed by atoms with Crippen molar-refractivity contribution in [3.8, 4) is 17.2 Å². The zero-order chi connectivity index (χ0) is 19.2. The summed E-state index contributed by atoms with van der Waals surface area (Å²) in [7, 11) is 0. The van der Waals surface area contributed by atoms with Crippen LogP contribution in [0, 0.1) is 11.3 Å². The second-order valence-electron chi connectivity index (χ2n) is 6.16. The Hall–Kier alpha value is -3.53. The molecule has 1 N–H and O–H groups in total. The summed E-state index contributed by atoms with van der Waals surface area (Å²) in [6.07, 6.45) is 4.08. The van der Waals surface area contributed by atoms with Gasteiger partial charge >= 0.3 is 0 Å². The fourth-order valence-electron chi connectivity index (χ4n) is 2.81.